The van der Waals surface area contributed by atoms with E-state index in [-0.39, 0.29) is 24.8 Å². The van der Waals surface area contributed by atoms with Gasteiger partial charge in [-0.15, -0.1) is 24.8 Å². The third-order valence-corrected chi connectivity index (χ3v) is 1.33. The zero-order chi connectivity index (χ0) is 5.11. The van der Waals surface area contributed by atoms with Crippen molar-refractivity contribution in [1.29, 1.82) is 0 Å². The highest BCUT2D eigenvalue weighted by Gasteiger charge is 2.04. The Kier molecular flexibility index (Phi) is 8.97. The molecule has 1 N–H and O–H groups in total. The standard InChI is InChI=1S/C5H11NO.2ClH/c7-6-4-2-1-3-5-6;;/h7H,1-5H2;2*1H. The second-order valence-electron chi connectivity index (χ2n) is 2.01. The van der Waals surface area contributed by atoms with Crippen LogP contribution in [0, 0.1) is 0 Å². The molecule has 0 spiro atoms. The van der Waals surface area contributed by atoms with Gasteiger partial charge in [-0.1, -0.05) is 6.42 Å². The highest BCUT2D eigenvalue weighted by atomic mass is 35.5. The molecule has 4 heteroatoms. The van der Waals surface area contributed by atoms with Gasteiger partial charge in [0.05, 0.1) is 0 Å². The molecule has 0 aromatic carbocycles. The molecule has 1 rings (SSSR count). The van der Waals surface area contributed by atoms with Crippen LogP contribution in [0.5, 0.6) is 0 Å². The molecule has 0 aromatic rings. The van der Waals surface area contributed by atoms with Crippen LogP contribution in [0.25, 0.3) is 0 Å². The summed E-state index contributed by atoms with van der Waals surface area (Å²) < 4.78 is 0. The van der Waals surface area contributed by atoms with Crippen LogP contribution in [-0.4, -0.2) is 23.4 Å². The first-order chi connectivity index (χ1) is 3.39. The van der Waals surface area contributed by atoms with Gasteiger partial charge in [0.2, 0.25) is 0 Å². The lowest BCUT2D eigenvalue weighted by Crippen LogP contribution is -2.25. The van der Waals surface area contributed by atoms with E-state index >= 15 is 0 Å². The minimum absolute atomic E-state index is 0. The maximum atomic E-state index is 8.74. The van der Waals surface area contributed by atoms with Gasteiger partial charge in [-0.25, -0.2) is 0 Å². The van der Waals surface area contributed by atoms with Crippen molar-refractivity contribution in [3.63, 3.8) is 0 Å². The Morgan fingerprint density at radius 1 is 0.889 bits per heavy atom. The first kappa shape index (κ1) is 12.2. The Balaban J connectivity index is 0. The normalized spacial score (nSPS) is 19.7. The van der Waals surface area contributed by atoms with Crippen LogP contribution >= 0.6 is 24.8 Å². The Morgan fingerprint density at radius 3 is 1.56 bits per heavy atom. The van der Waals surface area contributed by atoms with Crippen molar-refractivity contribution in [3.05, 3.63) is 0 Å². The number of rotatable bonds is 0. The van der Waals surface area contributed by atoms with Crippen LogP contribution < -0.4 is 0 Å². The molecular weight excluding hydrogens is 161 g/mol. The lowest BCUT2D eigenvalue weighted by molar-refractivity contribution is -0.103. The second kappa shape index (κ2) is 6.62. The Labute approximate surface area is 68.0 Å². The van der Waals surface area contributed by atoms with Gasteiger partial charge >= 0.3 is 0 Å². The second-order valence-corrected chi connectivity index (χ2v) is 2.01. The number of piperidine rings is 1. The predicted octanol–water partition coefficient (Wildman–Crippen LogP) is 1.71. The van der Waals surface area contributed by atoms with E-state index in [9.17, 15) is 0 Å². The number of hydrogen-bond acceptors (Lipinski definition) is 2. The van der Waals surface area contributed by atoms with Gasteiger partial charge in [0.25, 0.3) is 0 Å². The van der Waals surface area contributed by atoms with Crippen molar-refractivity contribution in [3.8, 4) is 0 Å². The molecule has 58 valence electrons. The summed E-state index contributed by atoms with van der Waals surface area (Å²) in [6, 6.07) is 0. The average molecular weight is 174 g/mol. The Morgan fingerprint density at radius 2 is 1.33 bits per heavy atom. The predicted molar refractivity (Wildman–Crippen MR) is 41.7 cm³/mol. The summed E-state index contributed by atoms with van der Waals surface area (Å²) in [5.74, 6) is 0. The molecule has 0 unspecified atom stereocenters. The molecule has 0 radical (unpaired) electrons. The molecule has 9 heavy (non-hydrogen) atoms. The molecule has 1 aliphatic heterocycles. The Bertz CT molecular complexity index is 56.9. The summed E-state index contributed by atoms with van der Waals surface area (Å²) in [7, 11) is 0. The van der Waals surface area contributed by atoms with Crippen molar-refractivity contribution in [2.75, 3.05) is 13.1 Å². The summed E-state index contributed by atoms with van der Waals surface area (Å²) in [5, 5.41) is 10.1. The van der Waals surface area contributed by atoms with Gasteiger partial charge in [-0.3, -0.25) is 0 Å². The number of halogens is 2. The Hall–Kier alpha value is 0.500. The molecule has 1 fully saturated rings. The van der Waals surface area contributed by atoms with Crippen LogP contribution in [0.4, 0.5) is 0 Å². The molecule has 0 bridgehead atoms. The molecule has 2 nitrogen and oxygen atoms in total. The number of nitrogens with zero attached hydrogens (tertiary/aromatic N) is 1. The number of hydroxylamine groups is 2. The molecular formula is C5H13Cl2NO. The largest absolute Gasteiger partial charge is 0.314 e. The lowest BCUT2D eigenvalue weighted by atomic mass is 10.2. The smallest absolute Gasteiger partial charge is 0.0238 e. The maximum absolute atomic E-state index is 8.74. The highest BCUT2D eigenvalue weighted by Crippen LogP contribution is 2.04. The van der Waals surface area contributed by atoms with E-state index < -0.39 is 0 Å². The van der Waals surface area contributed by atoms with E-state index in [4.69, 9.17) is 5.21 Å². The fraction of sp³-hybridized carbons (Fsp3) is 1.00. The fourth-order valence-corrected chi connectivity index (χ4v) is 0.877. The van der Waals surface area contributed by atoms with Crippen molar-refractivity contribution in [2.24, 2.45) is 0 Å². The van der Waals surface area contributed by atoms with Crippen LogP contribution in [-0.2, 0) is 0 Å². The highest BCUT2D eigenvalue weighted by molar-refractivity contribution is 5.85. The molecule has 1 saturated heterocycles. The van der Waals surface area contributed by atoms with Gasteiger partial charge < -0.3 is 5.21 Å². The minimum atomic E-state index is 0. The van der Waals surface area contributed by atoms with Gasteiger partial charge in [-0.05, 0) is 12.8 Å². The molecule has 0 saturated carbocycles. The third-order valence-electron chi connectivity index (χ3n) is 1.33. The summed E-state index contributed by atoms with van der Waals surface area (Å²) >= 11 is 0. The summed E-state index contributed by atoms with van der Waals surface area (Å²) in [6.07, 6.45) is 3.62. The first-order valence-electron chi connectivity index (χ1n) is 2.83. The van der Waals surface area contributed by atoms with Crippen LogP contribution in [0.2, 0.25) is 0 Å². The summed E-state index contributed by atoms with van der Waals surface area (Å²) in [6.45, 7) is 1.75. The van der Waals surface area contributed by atoms with Crippen LogP contribution in [0.15, 0.2) is 0 Å². The maximum Gasteiger partial charge on any atom is 0.0238 e. The van der Waals surface area contributed by atoms with E-state index in [2.05, 4.69) is 0 Å². The molecule has 1 heterocycles. The van der Waals surface area contributed by atoms with Gasteiger partial charge in [0.1, 0.15) is 0 Å². The molecule has 0 aromatic heterocycles. The number of hydrogen-bond donors (Lipinski definition) is 1. The molecule has 0 aliphatic carbocycles. The molecule has 0 amide bonds. The monoisotopic (exact) mass is 173 g/mol. The van der Waals surface area contributed by atoms with Crippen LogP contribution in [0.3, 0.4) is 0 Å². The zero-order valence-electron chi connectivity index (χ0n) is 5.25. The zero-order valence-corrected chi connectivity index (χ0v) is 6.88. The van der Waals surface area contributed by atoms with Crippen molar-refractivity contribution in [1.82, 2.24) is 5.06 Å². The van der Waals surface area contributed by atoms with Gasteiger partial charge in [-0.2, -0.15) is 5.06 Å². The molecule has 0 atom stereocenters. The van der Waals surface area contributed by atoms with E-state index in [0.29, 0.717) is 0 Å². The van der Waals surface area contributed by atoms with Crippen LogP contribution in [0.1, 0.15) is 19.3 Å². The van der Waals surface area contributed by atoms with E-state index in [1.54, 1.807) is 0 Å². The fourth-order valence-electron chi connectivity index (χ4n) is 0.877. The average Bonchev–Trinajstić information content (AvgIpc) is 1.69. The first-order valence-corrected chi connectivity index (χ1v) is 2.83. The third kappa shape index (κ3) is 4.97. The van der Waals surface area contributed by atoms with Crippen molar-refractivity contribution < 1.29 is 5.21 Å². The van der Waals surface area contributed by atoms with Gasteiger partial charge in [0.15, 0.2) is 0 Å². The summed E-state index contributed by atoms with van der Waals surface area (Å²) in [4.78, 5) is 0. The SMILES string of the molecule is Cl.Cl.ON1CCCCC1. The quantitative estimate of drug-likeness (QED) is 0.604. The van der Waals surface area contributed by atoms with E-state index in [1.807, 2.05) is 0 Å². The van der Waals surface area contributed by atoms with Gasteiger partial charge in [0, 0.05) is 13.1 Å². The van der Waals surface area contributed by atoms with E-state index in [1.165, 1.54) is 11.5 Å². The van der Waals surface area contributed by atoms with E-state index in [0.717, 1.165) is 25.9 Å². The lowest BCUT2D eigenvalue weighted by Gasteiger charge is -2.18. The van der Waals surface area contributed by atoms with Crippen molar-refractivity contribution in [2.45, 2.75) is 19.3 Å². The topological polar surface area (TPSA) is 23.5 Å². The molecule has 1 aliphatic rings. The van der Waals surface area contributed by atoms with Crippen molar-refractivity contribution >= 4 is 24.8 Å². The summed E-state index contributed by atoms with van der Waals surface area (Å²) in [5.41, 5.74) is 0. The minimum Gasteiger partial charge on any atom is -0.314 e.